The molecule has 0 saturated carbocycles. The molecule has 0 radical (unpaired) electrons. The van der Waals surface area contributed by atoms with Crippen LogP contribution in [0.1, 0.15) is 11.1 Å². The van der Waals surface area contributed by atoms with E-state index in [2.05, 4.69) is 0 Å². The summed E-state index contributed by atoms with van der Waals surface area (Å²) in [6, 6.07) is 11.2. The van der Waals surface area contributed by atoms with Crippen LogP contribution in [0, 0.1) is 0 Å². The molecule has 0 heterocycles. The first-order valence-corrected chi connectivity index (χ1v) is 6.88. The van der Waals surface area contributed by atoms with Crippen LogP contribution in [0.15, 0.2) is 36.4 Å². The van der Waals surface area contributed by atoms with Gasteiger partial charge in [-0.1, -0.05) is 23.7 Å². The summed E-state index contributed by atoms with van der Waals surface area (Å²) in [5.41, 5.74) is 7.54. The van der Waals surface area contributed by atoms with Crippen LogP contribution < -0.4 is 19.9 Å². The Labute approximate surface area is 129 Å². The first-order valence-electron chi connectivity index (χ1n) is 6.50. The lowest BCUT2D eigenvalue weighted by Crippen LogP contribution is -2.03. The molecule has 2 N–H and O–H groups in total. The van der Waals surface area contributed by atoms with Gasteiger partial charge in [-0.05, 0) is 35.4 Å². The monoisotopic (exact) mass is 307 g/mol. The van der Waals surface area contributed by atoms with Crippen molar-refractivity contribution in [3.05, 3.63) is 52.5 Å². The molecule has 0 aromatic heterocycles. The van der Waals surface area contributed by atoms with E-state index >= 15 is 0 Å². The van der Waals surface area contributed by atoms with E-state index in [1.165, 1.54) is 0 Å². The van der Waals surface area contributed by atoms with Gasteiger partial charge in [0.2, 0.25) is 5.75 Å². The minimum Gasteiger partial charge on any atom is -0.493 e. The third-order valence-electron chi connectivity index (χ3n) is 3.03. The molecule has 0 spiro atoms. The van der Waals surface area contributed by atoms with E-state index in [4.69, 9.17) is 31.5 Å². The van der Waals surface area contributed by atoms with Crippen molar-refractivity contribution in [3.63, 3.8) is 0 Å². The Morgan fingerprint density at radius 2 is 1.67 bits per heavy atom. The molecule has 0 fully saturated rings. The van der Waals surface area contributed by atoms with Gasteiger partial charge in [-0.2, -0.15) is 0 Å². The highest BCUT2D eigenvalue weighted by Gasteiger charge is 2.14. The molecule has 0 amide bonds. The summed E-state index contributed by atoms with van der Waals surface area (Å²) in [7, 11) is 3.17. The van der Waals surface area contributed by atoms with Gasteiger partial charge in [-0.15, -0.1) is 0 Å². The molecule has 0 bridgehead atoms. The summed E-state index contributed by atoms with van der Waals surface area (Å²) < 4.78 is 16.6. The first-order chi connectivity index (χ1) is 10.2. The van der Waals surface area contributed by atoms with E-state index in [9.17, 15) is 0 Å². The van der Waals surface area contributed by atoms with E-state index in [1.807, 2.05) is 36.4 Å². The smallest absolute Gasteiger partial charge is 0.203 e. The molecule has 21 heavy (non-hydrogen) atoms. The predicted molar refractivity (Wildman–Crippen MR) is 83.2 cm³/mol. The van der Waals surface area contributed by atoms with Gasteiger partial charge in [-0.25, -0.2) is 0 Å². The molecule has 0 aliphatic rings. The van der Waals surface area contributed by atoms with E-state index < -0.39 is 0 Å². The van der Waals surface area contributed by atoms with Crippen LogP contribution in [0.4, 0.5) is 0 Å². The van der Waals surface area contributed by atoms with Crippen LogP contribution in [0.2, 0.25) is 5.02 Å². The maximum Gasteiger partial charge on any atom is 0.203 e. The van der Waals surface area contributed by atoms with Crippen molar-refractivity contribution in [1.82, 2.24) is 0 Å². The number of methoxy groups -OCH3 is 2. The van der Waals surface area contributed by atoms with E-state index in [1.54, 1.807) is 14.2 Å². The minimum atomic E-state index is 0.370. The van der Waals surface area contributed by atoms with Crippen LogP contribution in [0.3, 0.4) is 0 Å². The SMILES string of the molecule is COc1cc(CN)cc(OC)c1OCc1cccc(Cl)c1. The van der Waals surface area contributed by atoms with Crippen molar-refractivity contribution in [2.75, 3.05) is 14.2 Å². The summed E-state index contributed by atoms with van der Waals surface area (Å²) in [6.07, 6.45) is 0. The van der Waals surface area contributed by atoms with Crippen LogP contribution >= 0.6 is 11.6 Å². The van der Waals surface area contributed by atoms with Gasteiger partial charge < -0.3 is 19.9 Å². The van der Waals surface area contributed by atoms with Gasteiger partial charge in [-0.3, -0.25) is 0 Å². The molecular weight excluding hydrogens is 290 g/mol. The number of benzene rings is 2. The maximum absolute atomic E-state index is 5.96. The third-order valence-corrected chi connectivity index (χ3v) is 3.26. The lowest BCUT2D eigenvalue weighted by molar-refractivity contribution is 0.265. The molecular formula is C16H18ClNO3. The van der Waals surface area contributed by atoms with Gasteiger partial charge in [0.05, 0.1) is 14.2 Å². The van der Waals surface area contributed by atoms with Crippen molar-refractivity contribution in [2.24, 2.45) is 5.73 Å². The molecule has 0 saturated heterocycles. The molecule has 2 rings (SSSR count). The average molecular weight is 308 g/mol. The minimum absolute atomic E-state index is 0.370. The highest BCUT2D eigenvalue weighted by atomic mass is 35.5. The second kappa shape index (κ2) is 7.20. The van der Waals surface area contributed by atoms with Crippen molar-refractivity contribution >= 4 is 11.6 Å². The summed E-state index contributed by atoms with van der Waals surface area (Å²) >= 11 is 5.96. The van der Waals surface area contributed by atoms with Crippen molar-refractivity contribution in [2.45, 2.75) is 13.2 Å². The van der Waals surface area contributed by atoms with Gasteiger partial charge in [0.15, 0.2) is 11.5 Å². The standard InChI is InChI=1S/C16H18ClNO3/c1-19-14-7-12(9-18)8-15(20-2)16(14)21-10-11-4-3-5-13(17)6-11/h3-8H,9-10,18H2,1-2H3. The summed E-state index contributed by atoms with van der Waals surface area (Å²) in [6.45, 7) is 0.774. The summed E-state index contributed by atoms with van der Waals surface area (Å²) in [4.78, 5) is 0. The van der Waals surface area contributed by atoms with Crippen molar-refractivity contribution in [1.29, 1.82) is 0 Å². The van der Waals surface area contributed by atoms with Crippen molar-refractivity contribution < 1.29 is 14.2 Å². The fourth-order valence-electron chi connectivity index (χ4n) is 1.98. The molecule has 4 nitrogen and oxygen atoms in total. The van der Waals surface area contributed by atoms with Gasteiger partial charge >= 0.3 is 0 Å². The molecule has 2 aromatic carbocycles. The zero-order chi connectivity index (χ0) is 15.2. The van der Waals surface area contributed by atoms with Crippen LogP contribution in [-0.2, 0) is 13.2 Å². The lowest BCUT2D eigenvalue weighted by atomic mass is 10.2. The number of nitrogens with two attached hydrogens (primary N) is 1. The van der Waals surface area contributed by atoms with Gasteiger partial charge in [0.25, 0.3) is 0 Å². The molecule has 0 aliphatic carbocycles. The number of ether oxygens (including phenoxy) is 3. The second-order valence-electron chi connectivity index (χ2n) is 4.45. The molecule has 0 unspecified atom stereocenters. The Bertz CT molecular complexity index is 591. The summed E-state index contributed by atoms with van der Waals surface area (Å²) in [5, 5.41) is 0.675. The van der Waals surface area contributed by atoms with E-state index in [0.717, 1.165) is 11.1 Å². The molecule has 5 heteroatoms. The largest absolute Gasteiger partial charge is 0.493 e. The average Bonchev–Trinajstić information content (AvgIpc) is 2.52. The molecule has 2 aromatic rings. The molecule has 0 atom stereocenters. The maximum atomic E-state index is 5.96. The fraction of sp³-hybridized carbons (Fsp3) is 0.250. The predicted octanol–water partition coefficient (Wildman–Crippen LogP) is 3.39. The highest BCUT2D eigenvalue weighted by Crippen LogP contribution is 2.39. The summed E-state index contributed by atoms with van der Waals surface area (Å²) in [5.74, 6) is 1.74. The third kappa shape index (κ3) is 3.80. The lowest BCUT2D eigenvalue weighted by Gasteiger charge is -2.16. The molecule has 112 valence electrons. The van der Waals surface area contributed by atoms with Crippen LogP contribution in [0.25, 0.3) is 0 Å². The number of rotatable bonds is 6. The fourth-order valence-corrected chi connectivity index (χ4v) is 2.19. The Kier molecular flexibility index (Phi) is 5.31. The van der Waals surface area contributed by atoms with Crippen molar-refractivity contribution in [3.8, 4) is 17.2 Å². The normalized spacial score (nSPS) is 10.3. The Balaban J connectivity index is 2.26. The van der Waals surface area contributed by atoms with Crippen LogP contribution in [-0.4, -0.2) is 14.2 Å². The highest BCUT2D eigenvalue weighted by molar-refractivity contribution is 6.30. The zero-order valence-corrected chi connectivity index (χ0v) is 12.8. The number of halogens is 1. The van der Waals surface area contributed by atoms with Crippen LogP contribution in [0.5, 0.6) is 17.2 Å². The zero-order valence-electron chi connectivity index (χ0n) is 12.1. The Morgan fingerprint density at radius 3 is 2.19 bits per heavy atom. The Morgan fingerprint density at radius 1 is 1.00 bits per heavy atom. The van der Waals surface area contributed by atoms with E-state index in [0.29, 0.717) is 35.4 Å². The van der Waals surface area contributed by atoms with E-state index in [-0.39, 0.29) is 0 Å². The topological polar surface area (TPSA) is 53.7 Å². The first kappa shape index (κ1) is 15.5. The second-order valence-corrected chi connectivity index (χ2v) is 4.89. The quantitative estimate of drug-likeness (QED) is 0.888. The molecule has 0 aliphatic heterocycles. The Hall–Kier alpha value is -1.91. The number of hydrogen-bond acceptors (Lipinski definition) is 4. The number of hydrogen-bond donors (Lipinski definition) is 1. The van der Waals surface area contributed by atoms with Gasteiger partial charge in [0.1, 0.15) is 6.61 Å². The van der Waals surface area contributed by atoms with Gasteiger partial charge in [0, 0.05) is 11.6 Å².